The van der Waals surface area contributed by atoms with Crippen molar-refractivity contribution < 1.29 is 9.13 Å². The highest BCUT2D eigenvalue weighted by molar-refractivity contribution is 6.17. The summed E-state index contributed by atoms with van der Waals surface area (Å²) >= 11 is 5.62. The predicted octanol–water partition coefficient (Wildman–Crippen LogP) is 2.65. The summed E-state index contributed by atoms with van der Waals surface area (Å²) in [5.74, 6) is 0.472. The number of nitrogens with zero attached hydrogens (tertiary/aromatic N) is 3. The Labute approximate surface area is 116 Å². The molecule has 0 aliphatic heterocycles. The maximum absolute atomic E-state index is 14.0. The summed E-state index contributed by atoms with van der Waals surface area (Å²) in [6.07, 6.45) is 3.45. The molecular weight excluding hydrogens is 269 g/mol. The molecule has 102 valence electrons. The molecule has 0 radical (unpaired) electrons. The van der Waals surface area contributed by atoms with Crippen molar-refractivity contribution in [3.8, 4) is 5.75 Å². The minimum atomic E-state index is -0.359. The van der Waals surface area contributed by atoms with Crippen LogP contribution in [0.4, 0.5) is 4.39 Å². The van der Waals surface area contributed by atoms with Crippen molar-refractivity contribution in [1.82, 2.24) is 15.0 Å². The standard InChI is InChI=1S/C13H15ClFN3O/c1-19-12-6-2-4-10(13(12)15)8-18-9-11(16-17-18)5-3-7-14/h2,4,6,9H,3,5,7-8H2,1H3. The number of hydrogen-bond acceptors (Lipinski definition) is 3. The highest BCUT2D eigenvalue weighted by atomic mass is 35.5. The van der Waals surface area contributed by atoms with Gasteiger partial charge in [-0.2, -0.15) is 0 Å². The molecule has 0 N–H and O–H groups in total. The van der Waals surface area contributed by atoms with Gasteiger partial charge >= 0.3 is 0 Å². The van der Waals surface area contributed by atoms with Gasteiger partial charge in [0.05, 0.1) is 19.3 Å². The number of aryl methyl sites for hydroxylation is 1. The van der Waals surface area contributed by atoms with Crippen LogP contribution in [0.15, 0.2) is 24.4 Å². The first kappa shape index (κ1) is 13.8. The zero-order valence-electron chi connectivity index (χ0n) is 10.6. The van der Waals surface area contributed by atoms with E-state index in [0.29, 0.717) is 18.0 Å². The number of benzene rings is 1. The van der Waals surface area contributed by atoms with Crippen LogP contribution >= 0.6 is 11.6 Å². The Morgan fingerprint density at radius 2 is 2.26 bits per heavy atom. The molecule has 1 heterocycles. The lowest BCUT2D eigenvalue weighted by atomic mass is 10.2. The molecule has 4 nitrogen and oxygen atoms in total. The largest absolute Gasteiger partial charge is 0.494 e. The van der Waals surface area contributed by atoms with Crippen molar-refractivity contribution >= 4 is 11.6 Å². The monoisotopic (exact) mass is 283 g/mol. The molecule has 0 saturated heterocycles. The smallest absolute Gasteiger partial charge is 0.170 e. The van der Waals surface area contributed by atoms with E-state index in [1.54, 1.807) is 22.9 Å². The molecule has 19 heavy (non-hydrogen) atoms. The lowest BCUT2D eigenvalue weighted by Crippen LogP contribution is -2.03. The fraction of sp³-hybridized carbons (Fsp3) is 0.385. The zero-order chi connectivity index (χ0) is 13.7. The van der Waals surface area contributed by atoms with Gasteiger partial charge in [-0.05, 0) is 18.9 Å². The second-order valence-electron chi connectivity index (χ2n) is 4.13. The van der Waals surface area contributed by atoms with Crippen molar-refractivity contribution in [2.24, 2.45) is 0 Å². The van der Waals surface area contributed by atoms with Crippen molar-refractivity contribution in [2.75, 3.05) is 13.0 Å². The molecule has 0 spiro atoms. The van der Waals surface area contributed by atoms with E-state index in [2.05, 4.69) is 10.3 Å². The maximum Gasteiger partial charge on any atom is 0.170 e. The van der Waals surface area contributed by atoms with Crippen LogP contribution in [0.5, 0.6) is 5.75 Å². The lowest BCUT2D eigenvalue weighted by molar-refractivity contribution is 0.383. The predicted molar refractivity (Wildman–Crippen MR) is 71.1 cm³/mol. The van der Waals surface area contributed by atoms with Crippen LogP contribution in [-0.2, 0) is 13.0 Å². The van der Waals surface area contributed by atoms with Gasteiger partial charge in [0.15, 0.2) is 11.6 Å². The number of alkyl halides is 1. The van der Waals surface area contributed by atoms with Crippen LogP contribution in [0.1, 0.15) is 17.7 Å². The highest BCUT2D eigenvalue weighted by Gasteiger charge is 2.09. The Bertz CT molecular complexity index is 544. The van der Waals surface area contributed by atoms with Gasteiger partial charge in [-0.1, -0.05) is 17.3 Å². The number of aromatic nitrogens is 3. The van der Waals surface area contributed by atoms with Crippen molar-refractivity contribution in [3.05, 3.63) is 41.5 Å². The molecule has 0 aliphatic carbocycles. The van der Waals surface area contributed by atoms with Gasteiger partial charge in [0.1, 0.15) is 0 Å². The van der Waals surface area contributed by atoms with E-state index < -0.39 is 0 Å². The quantitative estimate of drug-likeness (QED) is 0.765. The Kier molecular flexibility index (Phi) is 4.74. The summed E-state index contributed by atoms with van der Waals surface area (Å²) < 4.78 is 20.5. The first-order valence-electron chi connectivity index (χ1n) is 6.01. The molecule has 1 aromatic heterocycles. The molecule has 0 aliphatic rings. The Morgan fingerprint density at radius 3 is 3.00 bits per heavy atom. The zero-order valence-corrected chi connectivity index (χ0v) is 11.4. The highest BCUT2D eigenvalue weighted by Crippen LogP contribution is 2.20. The van der Waals surface area contributed by atoms with Gasteiger partial charge in [0.25, 0.3) is 0 Å². The third kappa shape index (κ3) is 3.44. The molecular formula is C13H15ClFN3O. The summed E-state index contributed by atoms with van der Waals surface area (Å²) in [5, 5.41) is 8.00. The fourth-order valence-electron chi connectivity index (χ4n) is 1.79. The van der Waals surface area contributed by atoms with Crippen LogP contribution in [0, 0.1) is 5.82 Å². The van der Waals surface area contributed by atoms with E-state index in [-0.39, 0.29) is 11.6 Å². The topological polar surface area (TPSA) is 39.9 Å². The molecule has 0 fully saturated rings. The van der Waals surface area contributed by atoms with Gasteiger partial charge in [0.2, 0.25) is 0 Å². The van der Waals surface area contributed by atoms with E-state index >= 15 is 0 Å². The van der Waals surface area contributed by atoms with Crippen LogP contribution < -0.4 is 4.74 Å². The van der Waals surface area contributed by atoms with Gasteiger partial charge in [-0.15, -0.1) is 16.7 Å². The van der Waals surface area contributed by atoms with Crippen molar-refractivity contribution in [3.63, 3.8) is 0 Å². The molecule has 0 unspecified atom stereocenters. The summed E-state index contributed by atoms with van der Waals surface area (Å²) in [6.45, 7) is 0.330. The number of rotatable bonds is 6. The average molecular weight is 284 g/mol. The van der Waals surface area contributed by atoms with E-state index in [1.165, 1.54) is 7.11 Å². The van der Waals surface area contributed by atoms with Gasteiger partial charge < -0.3 is 4.74 Å². The van der Waals surface area contributed by atoms with Crippen LogP contribution in [-0.4, -0.2) is 28.0 Å². The number of halogens is 2. The van der Waals surface area contributed by atoms with E-state index in [9.17, 15) is 4.39 Å². The molecule has 0 bridgehead atoms. The normalized spacial score (nSPS) is 10.7. The lowest BCUT2D eigenvalue weighted by Gasteiger charge is -2.06. The number of hydrogen-bond donors (Lipinski definition) is 0. The summed E-state index contributed by atoms with van der Waals surface area (Å²) in [5.41, 5.74) is 1.39. The second-order valence-corrected chi connectivity index (χ2v) is 4.51. The Morgan fingerprint density at radius 1 is 1.42 bits per heavy atom. The van der Waals surface area contributed by atoms with E-state index in [0.717, 1.165) is 18.5 Å². The van der Waals surface area contributed by atoms with Crippen LogP contribution in [0.25, 0.3) is 0 Å². The minimum Gasteiger partial charge on any atom is -0.494 e. The van der Waals surface area contributed by atoms with E-state index in [4.69, 9.17) is 16.3 Å². The van der Waals surface area contributed by atoms with Crippen molar-refractivity contribution in [1.29, 1.82) is 0 Å². The molecule has 2 aromatic rings. The molecule has 0 amide bonds. The number of methoxy groups -OCH3 is 1. The second kappa shape index (κ2) is 6.52. The molecule has 0 atom stereocenters. The molecule has 6 heteroatoms. The summed E-state index contributed by atoms with van der Waals surface area (Å²) in [6, 6.07) is 5.05. The fourth-order valence-corrected chi connectivity index (χ4v) is 1.92. The van der Waals surface area contributed by atoms with E-state index in [1.807, 2.05) is 6.20 Å². The van der Waals surface area contributed by atoms with Gasteiger partial charge in [0, 0.05) is 17.6 Å². The van der Waals surface area contributed by atoms with Gasteiger partial charge in [-0.3, -0.25) is 0 Å². The molecule has 1 aromatic carbocycles. The van der Waals surface area contributed by atoms with Crippen LogP contribution in [0.3, 0.4) is 0 Å². The summed E-state index contributed by atoms with van der Waals surface area (Å²) in [7, 11) is 1.45. The molecule has 0 saturated carbocycles. The SMILES string of the molecule is COc1cccc(Cn2cc(CCCCl)nn2)c1F. The third-order valence-corrected chi connectivity index (χ3v) is 3.02. The average Bonchev–Trinajstić information content (AvgIpc) is 2.86. The Balaban J connectivity index is 2.10. The first-order valence-corrected chi connectivity index (χ1v) is 6.54. The maximum atomic E-state index is 14.0. The van der Waals surface area contributed by atoms with Gasteiger partial charge in [-0.25, -0.2) is 9.07 Å². The summed E-state index contributed by atoms with van der Waals surface area (Å²) in [4.78, 5) is 0. The van der Waals surface area contributed by atoms with Crippen molar-refractivity contribution in [2.45, 2.75) is 19.4 Å². The third-order valence-electron chi connectivity index (χ3n) is 2.75. The first-order chi connectivity index (χ1) is 9.24. The molecule has 2 rings (SSSR count). The number of ether oxygens (including phenoxy) is 1. The Hall–Kier alpha value is -1.62. The van der Waals surface area contributed by atoms with Crippen LogP contribution in [0.2, 0.25) is 0 Å². The minimum absolute atomic E-state index is 0.236.